The van der Waals surface area contributed by atoms with Gasteiger partial charge in [-0.25, -0.2) is 0 Å². The maximum Gasteiger partial charge on any atom is 0.239 e. The molecule has 0 aromatic heterocycles. The molecule has 1 heterocycles. The third-order valence-electron chi connectivity index (χ3n) is 4.08. The van der Waals surface area contributed by atoms with Gasteiger partial charge in [0.05, 0.1) is 6.04 Å². The largest absolute Gasteiger partial charge is 0.341 e. The highest BCUT2D eigenvalue weighted by Gasteiger charge is 2.32. The number of carbonyl (C=O) groups is 2. The zero-order valence-electron chi connectivity index (χ0n) is 13.4. The Morgan fingerprint density at radius 2 is 1.90 bits per heavy atom. The number of hydrogen-bond acceptors (Lipinski definition) is 3. The standard InChI is InChI=1S/C15H29N3O2/c1-10(2)14(16)15(20)17-7-6-13(8-17)9-18(11(3)4)12(5)19/h10-11,13-14H,6-9,16H2,1-5H3. The summed E-state index contributed by atoms with van der Waals surface area (Å²) >= 11 is 0. The van der Waals surface area contributed by atoms with Gasteiger partial charge in [-0.05, 0) is 32.1 Å². The van der Waals surface area contributed by atoms with E-state index in [4.69, 9.17) is 5.73 Å². The molecule has 1 aliphatic rings. The quantitative estimate of drug-likeness (QED) is 0.821. The van der Waals surface area contributed by atoms with Crippen LogP contribution in [-0.2, 0) is 9.59 Å². The molecule has 116 valence electrons. The van der Waals surface area contributed by atoms with Gasteiger partial charge in [-0.3, -0.25) is 9.59 Å². The zero-order chi connectivity index (χ0) is 15.4. The summed E-state index contributed by atoms with van der Waals surface area (Å²) in [5.41, 5.74) is 5.93. The van der Waals surface area contributed by atoms with Crippen LogP contribution in [0.25, 0.3) is 0 Å². The Hall–Kier alpha value is -1.10. The molecule has 0 aromatic carbocycles. The first-order valence-corrected chi connectivity index (χ1v) is 7.55. The summed E-state index contributed by atoms with van der Waals surface area (Å²) in [4.78, 5) is 27.5. The number of amides is 2. The molecule has 2 atom stereocenters. The normalized spacial score (nSPS) is 20.6. The lowest BCUT2D eigenvalue weighted by Crippen LogP contribution is -2.46. The summed E-state index contributed by atoms with van der Waals surface area (Å²) < 4.78 is 0. The van der Waals surface area contributed by atoms with E-state index in [1.54, 1.807) is 6.92 Å². The van der Waals surface area contributed by atoms with Crippen molar-refractivity contribution in [3.05, 3.63) is 0 Å². The lowest BCUT2D eigenvalue weighted by Gasteiger charge is -2.28. The van der Waals surface area contributed by atoms with E-state index in [9.17, 15) is 9.59 Å². The maximum absolute atomic E-state index is 12.2. The van der Waals surface area contributed by atoms with Crippen LogP contribution >= 0.6 is 0 Å². The first-order valence-electron chi connectivity index (χ1n) is 7.55. The van der Waals surface area contributed by atoms with Crippen LogP contribution in [0.2, 0.25) is 0 Å². The maximum atomic E-state index is 12.2. The Bertz CT molecular complexity index is 355. The van der Waals surface area contributed by atoms with Crippen LogP contribution in [0.1, 0.15) is 41.0 Å². The van der Waals surface area contributed by atoms with Crippen molar-refractivity contribution < 1.29 is 9.59 Å². The Labute approximate surface area is 122 Å². The average molecular weight is 283 g/mol. The minimum Gasteiger partial charge on any atom is -0.341 e. The molecule has 0 bridgehead atoms. The van der Waals surface area contributed by atoms with Gasteiger partial charge in [0.2, 0.25) is 11.8 Å². The highest BCUT2D eigenvalue weighted by Crippen LogP contribution is 2.20. The fraction of sp³-hybridized carbons (Fsp3) is 0.867. The topological polar surface area (TPSA) is 66.6 Å². The zero-order valence-corrected chi connectivity index (χ0v) is 13.4. The van der Waals surface area contributed by atoms with Crippen LogP contribution in [0.3, 0.4) is 0 Å². The molecule has 0 aromatic rings. The smallest absolute Gasteiger partial charge is 0.239 e. The molecule has 2 amide bonds. The number of nitrogens with two attached hydrogens (primary N) is 1. The van der Waals surface area contributed by atoms with Crippen molar-refractivity contribution in [2.45, 2.75) is 53.1 Å². The van der Waals surface area contributed by atoms with Crippen LogP contribution in [0.5, 0.6) is 0 Å². The monoisotopic (exact) mass is 283 g/mol. The van der Waals surface area contributed by atoms with Crippen LogP contribution in [0, 0.1) is 11.8 Å². The fourth-order valence-corrected chi connectivity index (χ4v) is 2.66. The molecule has 0 spiro atoms. The van der Waals surface area contributed by atoms with Crippen molar-refractivity contribution in [2.75, 3.05) is 19.6 Å². The van der Waals surface area contributed by atoms with E-state index in [0.29, 0.717) is 5.92 Å². The first kappa shape index (κ1) is 17.0. The Balaban J connectivity index is 2.55. The second-order valence-corrected chi connectivity index (χ2v) is 6.47. The minimum absolute atomic E-state index is 0.0430. The fourth-order valence-electron chi connectivity index (χ4n) is 2.66. The summed E-state index contributed by atoms with van der Waals surface area (Å²) in [5.74, 6) is 0.667. The molecule has 5 heteroatoms. The van der Waals surface area contributed by atoms with Gasteiger partial charge in [-0.15, -0.1) is 0 Å². The summed E-state index contributed by atoms with van der Waals surface area (Å²) in [7, 11) is 0. The Morgan fingerprint density at radius 3 is 2.35 bits per heavy atom. The van der Waals surface area contributed by atoms with Crippen molar-refractivity contribution >= 4 is 11.8 Å². The molecule has 2 N–H and O–H groups in total. The number of carbonyl (C=O) groups excluding carboxylic acids is 2. The van der Waals surface area contributed by atoms with E-state index in [0.717, 1.165) is 26.1 Å². The molecule has 2 unspecified atom stereocenters. The molecule has 1 aliphatic heterocycles. The Morgan fingerprint density at radius 1 is 1.30 bits per heavy atom. The molecule has 20 heavy (non-hydrogen) atoms. The molecular weight excluding hydrogens is 254 g/mol. The minimum atomic E-state index is -0.414. The number of hydrogen-bond donors (Lipinski definition) is 1. The van der Waals surface area contributed by atoms with Crippen LogP contribution in [0.15, 0.2) is 0 Å². The van der Waals surface area contributed by atoms with Gasteiger partial charge in [0.1, 0.15) is 0 Å². The van der Waals surface area contributed by atoms with Crippen molar-refractivity contribution in [3.63, 3.8) is 0 Å². The third-order valence-corrected chi connectivity index (χ3v) is 4.08. The molecule has 1 saturated heterocycles. The van der Waals surface area contributed by atoms with E-state index < -0.39 is 6.04 Å². The van der Waals surface area contributed by atoms with Gasteiger partial charge < -0.3 is 15.5 Å². The van der Waals surface area contributed by atoms with E-state index in [1.165, 1.54) is 0 Å². The molecule has 0 aliphatic carbocycles. The van der Waals surface area contributed by atoms with E-state index in [2.05, 4.69) is 0 Å². The van der Waals surface area contributed by atoms with E-state index >= 15 is 0 Å². The number of nitrogens with zero attached hydrogens (tertiary/aromatic N) is 2. The van der Waals surface area contributed by atoms with Gasteiger partial charge >= 0.3 is 0 Å². The lowest BCUT2D eigenvalue weighted by atomic mass is 10.0. The highest BCUT2D eigenvalue weighted by atomic mass is 16.2. The SMILES string of the molecule is CC(=O)N(CC1CCN(C(=O)C(N)C(C)C)C1)C(C)C. The van der Waals surface area contributed by atoms with Crippen LogP contribution < -0.4 is 5.73 Å². The summed E-state index contributed by atoms with van der Waals surface area (Å²) in [6, 6.07) is -0.210. The van der Waals surface area contributed by atoms with E-state index in [1.807, 2.05) is 37.5 Å². The summed E-state index contributed by atoms with van der Waals surface area (Å²) in [5, 5.41) is 0. The van der Waals surface area contributed by atoms with Gasteiger partial charge in [0, 0.05) is 32.6 Å². The van der Waals surface area contributed by atoms with Gasteiger partial charge in [0.25, 0.3) is 0 Å². The molecule has 0 saturated carbocycles. The van der Waals surface area contributed by atoms with Crippen molar-refractivity contribution in [1.29, 1.82) is 0 Å². The molecule has 0 radical (unpaired) electrons. The van der Waals surface area contributed by atoms with Crippen molar-refractivity contribution in [1.82, 2.24) is 9.80 Å². The second kappa shape index (κ2) is 7.07. The summed E-state index contributed by atoms with van der Waals surface area (Å²) in [6.45, 7) is 11.8. The molecule has 1 fully saturated rings. The predicted octanol–water partition coefficient (Wildman–Crippen LogP) is 1.08. The lowest BCUT2D eigenvalue weighted by molar-refractivity contribution is -0.132. The van der Waals surface area contributed by atoms with E-state index in [-0.39, 0.29) is 23.8 Å². The predicted molar refractivity (Wildman–Crippen MR) is 80.0 cm³/mol. The first-order chi connectivity index (χ1) is 9.23. The third kappa shape index (κ3) is 4.20. The number of likely N-dealkylation sites (tertiary alicyclic amines) is 1. The van der Waals surface area contributed by atoms with Crippen LogP contribution in [0.4, 0.5) is 0 Å². The molecule has 5 nitrogen and oxygen atoms in total. The van der Waals surface area contributed by atoms with Crippen molar-refractivity contribution in [2.24, 2.45) is 17.6 Å². The van der Waals surface area contributed by atoms with Gasteiger partial charge in [-0.1, -0.05) is 13.8 Å². The summed E-state index contributed by atoms with van der Waals surface area (Å²) in [6.07, 6.45) is 0.951. The molecular formula is C15H29N3O2. The Kier molecular flexibility index (Phi) is 5.99. The van der Waals surface area contributed by atoms with Crippen LogP contribution in [-0.4, -0.2) is 53.3 Å². The average Bonchev–Trinajstić information content (AvgIpc) is 2.81. The second-order valence-electron chi connectivity index (χ2n) is 6.47. The number of rotatable bonds is 5. The van der Waals surface area contributed by atoms with Gasteiger partial charge in [0.15, 0.2) is 0 Å². The molecule has 1 rings (SSSR count). The van der Waals surface area contributed by atoms with Gasteiger partial charge in [-0.2, -0.15) is 0 Å². The highest BCUT2D eigenvalue weighted by molar-refractivity contribution is 5.82. The van der Waals surface area contributed by atoms with Crippen molar-refractivity contribution in [3.8, 4) is 0 Å².